The fourth-order valence-electron chi connectivity index (χ4n) is 2.58. The van der Waals surface area contributed by atoms with E-state index in [0.29, 0.717) is 37.2 Å². The number of hydrogen-bond donors (Lipinski definition) is 1. The number of nitrogens with two attached hydrogens (primary N) is 1. The highest BCUT2D eigenvalue weighted by molar-refractivity contribution is 5.96. The summed E-state index contributed by atoms with van der Waals surface area (Å²) < 4.78 is 4.75. The van der Waals surface area contributed by atoms with E-state index in [-0.39, 0.29) is 17.8 Å². The number of methoxy groups -OCH3 is 1. The van der Waals surface area contributed by atoms with Gasteiger partial charge in [-0.05, 0) is 43.5 Å². The van der Waals surface area contributed by atoms with Crippen LogP contribution in [0.1, 0.15) is 28.8 Å². The van der Waals surface area contributed by atoms with Crippen molar-refractivity contribution in [2.24, 2.45) is 5.92 Å². The van der Waals surface area contributed by atoms with Gasteiger partial charge in [-0.15, -0.1) is 0 Å². The zero-order valence-electron chi connectivity index (χ0n) is 11.9. The first kappa shape index (κ1) is 14.4. The van der Waals surface area contributed by atoms with Crippen LogP contribution in [0, 0.1) is 12.8 Å². The number of anilines is 1. The maximum absolute atomic E-state index is 12.4. The Bertz CT molecular complexity index is 520. The number of amides is 1. The van der Waals surface area contributed by atoms with Gasteiger partial charge in [-0.3, -0.25) is 9.59 Å². The van der Waals surface area contributed by atoms with Crippen molar-refractivity contribution < 1.29 is 14.3 Å². The van der Waals surface area contributed by atoms with Crippen LogP contribution >= 0.6 is 0 Å². The van der Waals surface area contributed by atoms with Crippen LogP contribution < -0.4 is 5.73 Å². The SMILES string of the molecule is COC(=O)C1CCN(C(=O)c2ccc(N)cc2C)CC1. The summed E-state index contributed by atoms with van der Waals surface area (Å²) in [6.45, 7) is 3.05. The number of nitrogen functional groups attached to an aromatic ring is 1. The number of rotatable bonds is 2. The Morgan fingerprint density at radius 1 is 1.30 bits per heavy atom. The summed E-state index contributed by atoms with van der Waals surface area (Å²) in [6, 6.07) is 5.30. The first-order valence-electron chi connectivity index (χ1n) is 6.76. The molecule has 1 aliphatic rings. The van der Waals surface area contributed by atoms with Crippen LogP contribution in [0.2, 0.25) is 0 Å². The predicted octanol–water partition coefficient (Wildman–Crippen LogP) is 1.60. The van der Waals surface area contributed by atoms with E-state index >= 15 is 0 Å². The molecule has 1 fully saturated rings. The summed E-state index contributed by atoms with van der Waals surface area (Å²) in [5, 5.41) is 0. The molecule has 2 N–H and O–H groups in total. The molecule has 0 unspecified atom stereocenters. The van der Waals surface area contributed by atoms with E-state index in [2.05, 4.69) is 0 Å². The lowest BCUT2D eigenvalue weighted by molar-refractivity contribution is -0.146. The third-order valence-corrected chi connectivity index (χ3v) is 3.80. The lowest BCUT2D eigenvalue weighted by atomic mass is 9.96. The number of carbonyl (C=O) groups is 2. The van der Waals surface area contributed by atoms with Crippen molar-refractivity contribution in [3.8, 4) is 0 Å². The molecule has 1 aromatic rings. The fraction of sp³-hybridized carbons (Fsp3) is 0.467. The van der Waals surface area contributed by atoms with Crippen molar-refractivity contribution in [1.29, 1.82) is 0 Å². The number of piperidine rings is 1. The van der Waals surface area contributed by atoms with Crippen LogP contribution in [0.25, 0.3) is 0 Å². The molecule has 0 aromatic heterocycles. The van der Waals surface area contributed by atoms with Crippen molar-refractivity contribution in [3.05, 3.63) is 29.3 Å². The number of benzene rings is 1. The molecule has 1 saturated heterocycles. The summed E-state index contributed by atoms with van der Waals surface area (Å²) in [4.78, 5) is 25.7. The van der Waals surface area contributed by atoms with E-state index in [1.807, 2.05) is 6.92 Å². The topological polar surface area (TPSA) is 72.6 Å². The number of likely N-dealkylation sites (tertiary alicyclic amines) is 1. The molecule has 108 valence electrons. The molecule has 0 aliphatic carbocycles. The second-order valence-electron chi connectivity index (χ2n) is 5.16. The minimum Gasteiger partial charge on any atom is -0.469 e. The van der Waals surface area contributed by atoms with Crippen LogP contribution in [0.5, 0.6) is 0 Å². The molecule has 0 spiro atoms. The maximum Gasteiger partial charge on any atom is 0.308 e. The van der Waals surface area contributed by atoms with E-state index in [4.69, 9.17) is 10.5 Å². The Kier molecular flexibility index (Phi) is 4.27. The second kappa shape index (κ2) is 5.94. The molecular formula is C15H20N2O3. The van der Waals surface area contributed by atoms with Gasteiger partial charge in [0.05, 0.1) is 13.0 Å². The maximum atomic E-state index is 12.4. The molecule has 1 amide bonds. The second-order valence-corrected chi connectivity index (χ2v) is 5.16. The summed E-state index contributed by atoms with van der Waals surface area (Å²) >= 11 is 0. The number of aryl methyl sites for hydroxylation is 1. The zero-order chi connectivity index (χ0) is 14.7. The third-order valence-electron chi connectivity index (χ3n) is 3.80. The summed E-state index contributed by atoms with van der Waals surface area (Å²) in [5.41, 5.74) is 7.91. The Morgan fingerprint density at radius 2 is 1.95 bits per heavy atom. The number of esters is 1. The highest BCUT2D eigenvalue weighted by Crippen LogP contribution is 2.21. The minimum absolute atomic E-state index is 0.00539. The van der Waals surface area contributed by atoms with Gasteiger partial charge in [0.15, 0.2) is 0 Å². The van der Waals surface area contributed by atoms with E-state index in [9.17, 15) is 9.59 Å². The highest BCUT2D eigenvalue weighted by atomic mass is 16.5. The molecule has 1 aliphatic heterocycles. The van der Waals surface area contributed by atoms with Crippen molar-refractivity contribution in [3.63, 3.8) is 0 Å². The molecule has 0 radical (unpaired) electrons. The van der Waals surface area contributed by atoms with Crippen molar-refractivity contribution >= 4 is 17.6 Å². The molecule has 20 heavy (non-hydrogen) atoms. The highest BCUT2D eigenvalue weighted by Gasteiger charge is 2.28. The van der Waals surface area contributed by atoms with Crippen LogP contribution in [-0.2, 0) is 9.53 Å². The number of nitrogens with zero attached hydrogens (tertiary/aromatic N) is 1. The Labute approximate surface area is 118 Å². The lowest BCUT2D eigenvalue weighted by Gasteiger charge is -2.31. The van der Waals surface area contributed by atoms with Gasteiger partial charge in [-0.2, -0.15) is 0 Å². The number of carbonyl (C=O) groups excluding carboxylic acids is 2. The van der Waals surface area contributed by atoms with Gasteiger partial charge in [0.1, 0.15) is 0 Å². The van der Waals surface area contributed by atoms with Gasteiger partial charge in [-0.1, -0.05) is 0 Å². The van der Waals surface area contributed by atoms with Gasteiger partial charge in [-0.25, -0.2) is 0 Å². The van der Waals surface area contributed by atoms with Gasteiger partial charge in [0, 0.05) is 24.3 Å². The third kappa shape index (κ3) is 2.92. The van der Waals surface area contributed by atoms with Crippen LogP contribution in [-0.4, -0.2) is 37.0 Å². The van der Waals surface area contributed by atoms with Gasteiger partial charge < -0.3 is 15.4 Å². The van der Waals surface area contributed by atoms with E-state index in [0.717, 1.165) is 5.56 Å². The Balaban J connectivity index is 2.03. The monoisotopic (exact) mass is 276 g/mol. The largest absolute Gasteiger partial charge is 0.469 e. The van der Waals surface area contributed by atoms with Crippen molar-refractivity contribution in [2.45, 2.75) is 19.8 Å². The minimum atomic E-state index is -0.180. The zero-order valence-corrected chi connectivity index (χ0v) is 11.9. The lowest BCUT2D eigenvalue weighted by Crippen LogP contribution is -2.40. The summed E-state index contributed by atoms with van der Waals surface area (Å²) in [6.07, 6.45) is 1.32. The first-order valence-corrected chi connectivity index (χ1v) is 6.76. The molecular weight excluding hydrogens is 256 g/mol. The van der Waals surface area contributed by atoms with E-state index < -0.39 is 0 Å². The smallest absolute Gasteiger partial charge is 0.308 e. The van der Waals surface area contributed by atoms with E-state index in [1.165, 1.54) is 7.11 Å². The average Bonchev–Trinajstić information content (AvgIpc) is 2.46. The average molecular weight is 276 g/mol. The van der Waals surface area contributed by atoms with E-state index in [1.54, 1.807) is 23.1 Å². The van der Waals surface area contributed by atoms with Gasteiger partial charge >= 0.3 is 5.97 Å². The Morgan fingerprint density at radius 3 is 2.50 bits per heavy atom. The van der Waals surface area contributed by atoms with Crippen LogP contribution in [0.3, 0.4) is 0 Å². The van der Waals surface area contributed by atoms with Gasteiger partial charge in [0.25, 0.3) is 5.91 Å². The molecule has 0 bridgehead atoms. The predicted molar refractivity (Wildman–Crippen MR) is 76.2 cm³/mol. The molecule has 5 heteroatoms. The quantitative estimate of drug-likeness (QED) is 0.658. The summed E-state index contributed by atoms with van der Waals surface area (Å²) in [7, 11) is 1.40. The standard InChI is InChI=1S/C15H20N2O3/c1-10-9-12(16)3-4-13(10)14(18)17-7-5-11(6-8-17)15(19)20-2/h3-4,9,11H,5-8,16H2,1-2H3. The van der Waals surface area contributed by atoms with Gasteiger partial charge in [0.2, 0.25) is 0 Å². The number of ether oxygens (including phenoxy) is 1. The molecule has 5 nitrogen and oxygen atoms in total. The fourth-order valence-corrected chi connectivity index (χ4v) is 2.58. The molecule has 1 aromatic carbocycles. The molecule has 2 rings (SSSR count). The molecule has 0 atom stereocenters. The Hall–Kier alpha value is -2.04. The van der Waals surface area contributed by atoms with Crippen molar-refractivity contribution in [1.82, 2.24) is 4.90 Å². The summed E-state index contributed by atoms with van der Waals surface area (Å²) in [5.74, 6) is -0.261. The molecule has 0 saturated carbocycles. The normalized spacial score (nSPS) is 16.0. The van der Waals surface area contributed by atoms with Crippen LogP contribution in [0.15, 0.2) is 18.2 Å². The molecule has 1 heterocycles. The first-order chi connectivity index (χ1) is 9.52. The van der Waals surface area contributed by atoms with Crippen molar-refractivity contribution in [2.75, 3.05) is 25.9 Å². The van der Waals surface area contributed by atoms with Crippen LogP contribution in [0.4, 0.5) is 5.69 Å². The number of hydrogen-bond acceptors (Lipinski definition) is 4.